The van der Waals surface area contributed by atoms with Crippen molar-refractivity contribution in [3.63, 3.8) is 0 Å². The summed E-state index contributed by atoms with van der Waals surface area (Å²) >= 11 is 1.16. The van der Waals surface area contributed by atoms with Crippen LogP contribution in [0, 0.1) is 0 Å². The normalized spacial score (nSPS) is 11.6. The van der Waals surface area contributed by atoms with Crippen molar-refractivity contribution in [2.75, 3.05) is 12.4 Å². The second-order valence-corrected chi connectivity index (χ2v) is 7.14. The van der Waals surface area contributed by atoms with Crippen LogP contribution in [-0.4, -0.2) is 29.1 Å². The second-order valence-electron chi connectivity index (χ2n) is 6.07. The van der Waals surface area contributed by atoms with Gasteiger partial charge in [-0.2, -0.15) is 0 Å². The van der Waals surface area contributed by atoms with Crippen molar-refractivity contribution < 1.29 is 14.3 Å². The van der Waals surface area contributed by atoms with Crippen molar-refractivity contribution in [3.05, 3.63) is 75.7 Å². The number of nitrogens with one attached hydrogen (secondary N) is 2. The average Bonchev–Trinajstić information content (AvgIpc) is 3.18. The summed E-state index contributed by atoms with van der Waals surface area (Å²) in [6.07, 6.45) is 0. The molecule has 1 aromatic heterocycles. The van der Waals surface area contributed by atoms with Gasteiger partial charge in [0.1, 0.15) is 5.01 Å². The standard InChI is InChI=1S/C20H20N4O3S/c1-13(14-7-4-3-5-8-14)21-18(25)15-9-6-10-16(11-15)22-19(26)20-24-23-17(28-20)12-27-2/h3-11,13H,12H2,1-2H3,(H,21,25)(H,22,26)/t13-/m0/s1. The maximum Gasteiger partial charge on any atom is 0.286 e. The van der Waals surface area contributed by atoms with Crippen LogP contribution in [0.4, 0.5) is 5.69 Å². The molecule has 0 saturated carbocycles. The van der Waals surface area contributed by atoms with Gasteiger partial charge in [-0.3, -0.25) is 9.59 Å². The van der Waals surface area contributed by atoms with Crippen LogP contribution < -0.4 is 10.6 Å². The van der Waals surface area contributed by atoms with Crippen LogP contribution in [0.5, 0.6) is 0 Å². The van der Waals surface area contributed by atoms with Gasteiger partial charge in [0.15, 0.2) is 0 Å². The molecule has 2 aromatic carbocycles. The van der Waals surface area contributed by atoms with E-state index < -0.39 is 0 Å². The summed E-state index contributed by atoms with van der Waals surface area (Å²) in [6, 6.07) is 16.3. The van der Waals surface area contributed by atoms with Crippen LogP contribution in [0.15, 0.2) is 54.6 Å². The largest absolute Gasteiger partial charge is 0.377 e. The molecule has 0 radical (unpaired) electrons. The molecule has 2 N–H and O–H groups in total. The van der Waals surface area contributed by atoms with Crippen LogP contribution in [0.25, 0.3) is 0 Å². The van der Waals surface area contributed by atoms with Crippen LogP contribution in [0.3, 0.4) is 0 Å². The molecule has 0 aliphatic heterocycles. The Labute approximate surface area is 166 Å². The van der Waals surface area contributed by atoms with Gasteiger partial charge < -0.3 is 15.4 Å². The molecule has 0 fully saturated rings. The third-order valence-corrected chi connectivity index (χ3v) is 4.85. The van der Waals surface area contributed by atoms with Gasteiger partial charge in [-0.15, -0.1) is 10.2 Å². The minimum absolute atomic E-state index is 0.132. The number of aromatic nitrogens is 2. The first kappa shape index (κ1) is 19.7. The summed E-state index contributed by atoms with van der Waals surface area (Å²) in [5.41, 5.74) is 1.98. The quantitative estimate of drug-likeness (QED) is 0.638. The number of methoxy groups -OCH3 is 1. The number of rotatable bonds is 7. The number of nitrogens with zero attached hydrogens (tertiary/aromatic N) is 2. The molecule has 3 aromatic rings. The molecule has 0 unspecified atom stereocenters. The van der Waals surface area contributed by atoms with Crippen LogP contribution in [0.1, 0.15) is 43.7 Å². The maximum atomic E-state index is 12.6. The van der Waals surface area contributed by atoms with Gasteiger partial charge in [-0.25, -0.2) is 0 Å². The number of carbonyl (C=O) groups is 2. The van der Waals surface area contributed by atoms with Crippen molar-refractivity contribution in [2.45, 2.75) is 19.6 Å². The van der Waals surface area contributed by atoms with Gasteiger partial charge in [0.05, 0.1) is 12.6 Å². The number of hydrogen-bond acceptors (Lipinski definition) is 6. The molecule has 1 atom stereocenters. The molecule has 8 heteroatoms. The monoisotopic (exact) mass is 396 g/mol. The molecule has 2 amide bonds. The molecule has 28 heavy (non-hydrogen) atoms. The highest BCUT2D eigenvalue weighted by atomic mass is 32.1. The Hall–Kier alpha value is -3.10. The van der Waals surface area contributed by atoms with Crippen LogP contribution in [-0.2, 0) is 11.3 Å². The Bertz CT molecular complexity index is 959. The van der Waals surface area contributed by atoms with E-state index in [0.29, 0.717) is 22.9 Å². The van der Waals surface area contributed by atoms with Crippen LogP contribution >= 0.6 is 11.3 Å². The highest BCUT2D eigenvalue weighted by molar-refractivity contribution is 7.13. The number of anilines is 1. The number of ether oxygens (including phenoxy) is 1. The van der Waals surface area contributed by atoms with Crippen LogP contribution in [0.2, 0.25) is 0 Å². The Morgan fingerprint density at radius 2 is 1.86 bits per heavy atom. The van der Waals surface area contributed by atoms with Crippen molar-refractivity contribution in [1.82, 2.24) is 15.5 Å². The minimum atomic E-state index is -0.380. The molecule has 0 bridgehead atoms. The van der Waals surface area contributed by atoms with Gasteiger partial charge in [-0.05, 0) is 30.7 Å². The van der Waals surface area contributed by atoms with E-state index in [1.54, 1.807) is 31.4 Å². The zero-order chi connectivity index (χ0) is 19.9. The molecule has 0 spiro atoms. The first-order valence-corrected chi connectivity index (χ1v) is 9.47. The summed E-state index contributed by atoms with van der Waals surface area (Å²) in [7, 11) is 1.55. The molecule has 144 valence electrons. The summed E-state index contributed by atoms with van der Waals surface area (Å²) < 4.78 is 4.98. The summed E-state index contributed by atoms with van der Waals surface area (Å²) in [4.78, 5) is 24.9. The lowest BCUT2D eigenvalue weighted by molar-refractivity contribution is 0.0938. The van der Waals surface area contributed by atoms with E-state index in [4.69, 9.17) is 4.74 Å². The Kier molecular flexibility index (Phi) is 6.46. The second kappa shape index (κ2) is 9.20. The smallest absolute Gasteiger partial charge is 0.286 e. The Balaban J connectivity index is 1.65. The van der Waals surface area contributed by atoms with Crippen molar-refractivity contribution in [2.24, 2.45) is 0 Å². The highest BCUT2D eigenvalue weighted by Crippen LogP contribution is 2.17. The van der Waals surface area contributed by atoms with Gasteiger partial charge >= 0.3 is 0 Å². The number of hydrogen-bond donors (Lipinski definition) is 2. The SMILES string of the molecule is COCc1nnc(C(=O)Nc2cccc(C(=O)N[C@@H](C)c3ccccc3)c2)s1. The number of amides is 2. The molecular formula is C20H20N4O3S. The summed E-state index contributed by atoms with van der Waals surface area (Å²) in [5, 5.41) is 14.3. The van der Waals surface area contributed by atoms with Crippen molar-refractivity contribution in [3.8, 4) is 0 Å². The lowest BCUT2D eigenvalue weighted by Gasteiger charge is -2.14. The van der Waals surface area contributed by atoms with E-state index in [1.165, 1.54) is 0 Å². The fraction of sp³-hybridized carbons (Fsp3) is 0.200. The molecular weight excluding hydrogens is 376 g/mol. The topological polar surface area (TPSA) is 93.2 Å². The molecule has 1 heterocycles. The fourth-order valence-electron chi connectivity index (χ4n) is 2.55. The molecule has 0 saturated heterocycles. The van der Waals surface area contributed by atoms with Crippen molar-refractivity contribution >= 4 is 28.8 Å². The van der Waals surface area contributed by atoms with E-state index in [0.717, 1.165) is 16.9 Å². The van der Waals surface area contributed by atoms with Gasteiger partial charge in [0.25, 0.3) is 11.8 Å². The molecule has 7 nitrogen and oxygen atoms in total. The third-order valence-electron chi connectivity index (χ3n) is 3.96. The first-order chi connectivity index (χ1) is 13.6. The molecule has 3 rings (SSSR count). The highest BCUT2D eigenvalue weighted by Gasteiger charge is 2.15. The lowest BCUT2D eigenvalue weighted by atomic mass is 10.1. The summed E-state index contributed by atoms with van der Waals surface area (Å²) in [6.45, 7) is 2.23. The fourth-order valence-corrected chi connectivity index (χ4v) is 3.26. The molecule has 0 aliphatic carbocycles. The number of carbonyl (C=O) groups excluding carboxylic acids is 2. The lowest BCUT2D eigenvalue weighted by Crippen LogP contribution is -2.26. The summed E-state index contributed by atoms with van der Waals surface area (Å²) in [5.74, 6) is -0.596. The predicted octanol–water partition coefficient (Wildman–Crippen LogP) is 3.43. The molecule has 0 aliphatic rings. The first-order valence-electron chi connectivity index (χ1n) is 8.65. The third kappa shape index (κ3) is 4.99. The van der Waals surface area contributed by atoms with E-state index in [1.807, 2.05) is 37.3 Å². The Morgan fingerprint density at radius 1 is 1.07 bits per heavy atom. The van der Waals surface area contributed by atoms with E-state index >= 15 is 0 Å². The van der Waals surface area contributed by atoms with Gasteiger partial charge in [-0.1, -0.05) is 47.7 Å². The maximum absolute atomic E-state index is 12.6. The van der Waals surface area contributed by atoms with E-state index in [9.17, 15) is 9.59 Å². The predicted molar refractivity (Wildman–Crippen MR) is 107 cm³/mol. The Morgan fingerprint density at radius 3 is 2.61 bits per heavy atom. The number of benzene rings is 2. The minimum Gasteiger partial charge on any atom is -0.377 e. The van der Waals surface area contributed by atoms with Gasteiger partial charge in [0.2, 0.25) is 5.01 Å². The van der Waals surface area contributed by atoms with Crippen molar-refractivity contribution in [1.29, 1.82) is 0 Å². The zero-order valence-corrected chi connectivity index (χ0v) is 16.3. The van der Waals surface area contributed by atoms with Gasteiger partial charge in [0, 0.05) is 18.4 Å². The van der Waals surface area contributed by atoms with E-state index in [-0.39, 0.29) is 22.9 Å². The average molecular weight is 396 g/mol. The van der Waals surface area contributed by atoms with E-state index in [2.05, 4.69) is 20.8 Å². The zero-order valence-electron chi connectivity index (χ0n) is 15.5.